The summed E-state index contributed by atoms with van der Waals surface area (Å²) in [5.41, 5.74) is 1.15. The third kappa shape index (κ3) is 5.76. The standard InChI is InChI=1S/C26H27N3O7S/c1-17(2)25(28-37(32,33)18-8-9-23-24(14-18)35-13-12-34-23)26(31)36-16-22(30)20-15-29(11-5-10-27)21-7-4-3-6-19(20)21/h3-4,6-9,14-15,17,25,28H,5,11-13,16H2,1-2H3/t25-/m0/s1. The fourth-order valence-corrected chi connectivity index (χ4v) is 5.36. The molecular weight excluding hydrogens is 498 g/mol. The molecule has 1 aliphatic rings. The molecule has 3 aromatic rings. The summed E-state index contributed by atoms with van der Waals surface area (Å²) in [5, 5.41) is 9.60. The van der Waals surface area contributed by atoms with Gasteiger partial charge in [0.15, 0.2) is 18.1 Å². The number of ketones is 1. The van der Waals surface area contributed by atoms with Gasteiger partial charge in [-0.15, -0.1) is 0 Å². The predicted octanol–water partition coefficient (Wildman–Crippen LogP) is 3.06. The van der Waals surface area contributed by atoms with Gasteiger partial charge >= 0.3 is 5.97 Å². The Morgan fingerprint density at radius 3 is 2.59 bits per heavy atom. The first-order valence-electron chi connectivity index (χ1n) is 11.8. The lowest BCUT2D eigenvalue weighted by molar-refractivity contribution is -0.145. The van der Waals surface area contributed by atoms with Crippen molar-refractivity contribution in [1.29, 1.82) is 5.26 Å². The average Bonchev–Trinajstić information content (AvgIpc) is 3.27. The zero-order chi connectivity index (χ0) is 26.6. The number of benzene rings is 2. The topological polar surface area (TPSA) is 137 Å². The van der Waals surface area contributed by atoms with Crippen LogP contribution in [0.15, 0.2) is 53.6 Å². The van der Waals surface area contributed by atoms with Crippen molar-refractivity contribution in [2.24, 2.45) is 5.92 Å². The van der Waals surface area contributed by atoms with Gasteiger partial charge in [0.25, 0.3) is 0 Å². The van der Waals surface area contributed by atoms with E-state index >= 15 is 0 Å². The first kappa shape index (κ1) is 26.2. The summed E-state index contributed by atoms with van der Waals surface area (Å²) in [4.78, 5) is 25.8. The summed E-state index contributed by atoms with van der Waals surface area (Å²) < 4.78 is 46.4. The number of nitrogens with one attached hydrogen (secondary N) is 1. The first-order chi connectivity index (χ1) is 17.7. The number of hydrogen-bond acceptors (Lipinski definition) is 8. The van der Waals surface area contributed by atoms with Crippen LogP contribution in [0.4, 0.5) is 0 Å². The molecule has 0 amide bonds. The number of carbonyl (C=O) groups is 2. The van der Waals surface area contributed by atoms with Crippen LogP contribution in [0.25, 0.3) is 10.9 Å². The molecule has 194 valence electrons. The number of ether oxygens (including phenoxy) is 3. The minimum atomic E-state index is -4.11. The Labute approximate surface area is 214 Å². The van der Waals surface area contributed by atoms with E-state index in [0.717, 1.165) is 5.52 Å². The Bertz CT molecular complexity index is 1470. The van der Waals surface area contributed by atoms with Crippen LogP contribution in [-0.4, -0.2) is 50.6 Å². The zero-order valence-corrected chi connectivity index (χ0v) is 21.3. The number of nitrogens with zero attached hydrogens (tertiary/aromatic N) is 2. The maximum absolute atomic E-state index is 13.0. The summed E-state index contributed by atoms with van der Waals surface area (Å²) in [5.74, 6) is -1.01. The smallest absolute Gasteiger partial charge is 0.324 e. The molecule has 1 N–H and O–H groups in total. The summed E-state index contributed by atoms with van der Waals surface area (Å²) in [6.45, 7) is 3.88. The lowest BCUT2D eigenvalue weighted by atomic mass is 10.1. The number of sulfonamides is 1. The van der Waals surface area contributed by atoms with E-state index in [0.29, 0.717) is 42.2 Å². The van der Waals surface area contributed by atoms with Crippen molar-refractivity contribution in [3.05, 3.63) is 54.2 Å². The second-order valence-electron chi connectivity index (χ2n) is 8.84. The maximum Gasteiger partial charge on any atom is 0.324 e. The molecule has 10 nitrogen and oxygen atoms in total. The fourth-order valence-electron chi connectivity index (χ4n) is 4.01. The second kappa shape index (κ2) is 11.0. The highest BCUT2D eigenvalue weighted by atomic mass is 32.2. The van der Waals surface area contributed by atoms with E-state index in [1.807, 2.05) is 16.7 Å². The van der Waals surface area contributed by atoms with E-state index < -0.39 is 40.3 Å². The third-order valence-corrected chi connectivity index (χ3v) is 7.36. The van der Waals surface area contributed by atoms with Gasteiger partial charge in [0.1, 0.15) is 19.3 Å². The number of rotatable bonds is 10. The number of aryl methyl sites for hydroxylation is 1. The molecule has 11 heteroatoms. The van der Waals surface area contributed by atoms with Crippen molar-refractivity contribution >= 4 is 32.7 Å². The van der Waals surface area contributed by atoms with Crippen molar-refractivity contribution in [2.45, 2.75) is 37.8 Å². The van der Waals surface area contributed by atoms with Gasteiger partial charge in [0, 0.05) is 35.3 Å². The molecule has 1 aromatic heterocycles. The Kier molecular flexibility index (Phi) is 7.80. The van der Waals surface area contributed by atoms with Crippen LogP contribution in [-0.2, 0) is 26.1 Å². The summed E-state index contributed by atoms with van der Waals surface area (Å²) >= 11 is 0. The molecule has 0 bridgehead atoms. The van der Waals surface area contributed by atoms with Crippen LogP contribution >= 0.6 is 0 Å². The lowest BCUT2D eigenvalue weighted by Crippen LogP contribution is -2.45. The number of carbonyl (C=O) groups excluding carboxylic acids is 2. The molecule has 2 heterocycles. The molecular formula is C26H27N3O7S. The van der Waals surface area contributed by atoms with Gasteiger partial charge in [0.2, 0.25) is 15.8 Å². The molecule has 0 saturated carbocycles. The van der Waals surface area contributed by atoms with Crippen LogP contribution in [0.1, 0.15) is 30.6 Å². The van der Waals surface area contributed by atoms with E-state index in [2.05, 4.69) is 10.8 Å². The van der Waals surface area contributed by atoms with Gasteiger partial charge < -0.3 is 18.8 Å². The summed E-state index contributed by atoms with van der Waals surface area (Å²) in [6.07, 6.45) is 1.92. The highest BCUT2D eigenvalue weighted by Crippen LogP contribution is 2.32. The lowest BCUT2D eigenvalue weighted by Gasteiger charge is -2.22. The van der Waals surface area contributed by atoms with Crippen molar-refractivity contribution in [3.8, 4) is 17.6 Å². The largest absolute Gasteiger partial charge is 0.486 e. The first-order valence-corrected chi connectivity index (χ1v) is 13.3. The van der Waals surface area contributed by atoms with E-state index in [-0.39, 0.29) is 11.3 Å². The molecule has 0 radical (unpaired) electrons. The minimum Gasteiger partial charge on any atom is -0.486 e. The zero-order valence-electron chi connectivity index (χ0n) is 20.5. The molecule has 2 aromatic carbocycles. The number of nitriles is 1. The van der Waals surface area contributed by atoms with Crippen molar-refractivity contribution in [2.75, 3.05) is 19.8 Å². The number of aromatic nitrogens is 1. The molecule has 0 saturated heterocycles. The second-order valence-corrected chi connectivity index (χ2v) is 10.6. The Balaban J connectivity index is 1.47. The van der Waals surface area contributed by atoms with Gasteiger partial charge in [-0.1, -0.05) is 32.0 Å². The van der Waals surface area contributed by atoms with Gasteiger partial charge in [0.05, 0.1) is 17.4 Å². The molecule has 1 atom stereocenters. The molecule has 1 aliphatic heterocycles. The van der Waals surface area contributed by atoms with Crippen molar-refractivity contribution in [3.63, 3.8) is 0 Å². The van der Waals surface area contributed by atoms with Gasteiger partial charge in [-0.25, -0.2) is 8.42 Å². The highest BCUT2D eigenvalue weighted by molar-refractivity contribution is 7.89. The minimum absolute atomic E-state index is 0.0866. The van der Waals surface area contributed by atoms with Gasteiger partial charge in [-0.3, -0.25) is 9.59 Å². The highest BCUT2D eigenvalue weighted by Gasteiger charge is 2.31. The number of para-hydroxylation sites is 1. The molecule has 0 fully saturated rings. The third-order valence-electron chi connectivity index (χ3n) is 5.93. The number of esters is 1. The molecule has 4 rings (SSSR count). The monoisotopic (exact) mass is 525 g/mol. The number of fused-ring (bicyclic) bond motifs is 2. The number of hydrogen-bond donors (Lipinski definition) is 1. The van der Waals surface area contributed by atoms with Crippen LogP contribution < -0.4 is 14.2 Å². The van der Waals surface area contributed by atoms with Crippen LogP contribution in [0.3, 0.4) is 0 Å². The Morgan fingerprint density at radius 2 is 1.86 bits per heavy atom. The van der Waals surface area contributed by atoms with Crippen molar-refractivity contribution < 1.29 is 32.2 Å². The molecule has 0 unspecified atom stereocenters. The van der Waals surface area contributed by atoms with Crippen LogP contribution in [0, 0.1) is 17.2 Å². The van der Waals surface area contributed by atoms with E-state index in [1.165, 1.54) is 18.2 Å². The van der Waals surface area contributed by atoms with E-state index in [4.69, 9.17) is 19.5 Å². The molecule has 0 aliphatic carbocycles. The fraction of sp³-hybridized carbons (Fsp3) is 0.346. The van der Waals surface area contributed by atoms with Crippen LogP contribution in [0.5, 0.6) is 11.5 Å². The SMILES string of the molecule is CC(C)[C@H](NS(=O)(=O)c1ccc2c(c1)OCCO2)C(=O)OCC(=O)c1cn(CCC#N)c2ccccc12. The normalized spacial score (nSPS) is 13.8. The predicted molar refractivity (Wildman–Crippen MR) is 134 cm³/mol. The Morgan fingerprint density at radius 1 is 1.14 bits per heavy atom. The molecule has 0 spiro atoms. The Hall–Kier alpha value is -3.88. The maximum atomic E-state index is 13.0. The summed E-state index contributed by atoms with van der Waals surface area (Å²) in [6, 6.07) is 12.3. The van der Waals surface area contributed by atoms with E-state index in [1.54, 1.807) is 32.2 Å². The quantitative estimate of drug-likeness (QED) is 0.315. The molecule has 37 heavy (non-hydrogen) atoms. The van der Waals surface area contributed by atoms with Crippen molar-refractivity contribution in [1.82, 2.24) is 9.29 Å². The van der Waals surface area contributed by atoms with E-state index in [9.17, 15) is 18.0 Å². The average molecular weight is 526 g/mol. The summed E-state index contributed by atoms with van der Waals surface area (Å²) in [7, 11) is -4.11. The van der Waals surface area contributed by atoms with Gasteiger partial charge in [-0.05, 0) is 24.1 Å². The number of Topliss-reactive ketones (excluding diaryl/α,β-unsaturated/α-hetero) is 1. The van der Waals surface area contributed by atoms with Gasteiger partial charge in [-0.2, -0.15) is 9.98 Å². The van der Waals surface area contributed by atoms with Crippen LogP contribution in [0.2, 0.25) is 0 Å².